The Morgan fingerprint density at radius 3 is 2.52 bits per heavy atom. The molecule has 1 unspecified atom stereocenters. The second-order valence-electron chi connectivity index (χ2n) is 7.59. The first-order chi connectivity index (χ1) is 15.1. The van der Waals surface area contributed by atoms with Crippen LogP contribution < -0.4 is 0 Å². The van der Waals surface area contributed by atoms with Crippen LogP contribution in [0.4, 0.5) is 0 Å². The molecule has 31 heavy (non-hydrogen) atoms. The summed E-state index contributed by atoms with van der Waals surface area (Å²) >= 11 is 1.42. The largest absolute Gasteiger partial charge is 0.337 e. The van der Waals surface area contributed by atoms with Gasteiger partial charge in [0.25, 0.3) is 5.91 Å². The van der Waals surface area contributed by atoms with Crippen molar-refractivity contribution in [3.63, 3.8) is 0 Å². The number of likely N-dealkylation sites (tertiary alicyclic amines) is 1. The van der Waals surface area contributed by atoms with Crippen LogP contribution in [0.15, 0.2) is 60.0 Å². The Hall–Kier alpha value is -2.79. The molecule has 0 N–H and O–H groups in total. The molecule has 1 aliphatic rings. The number of piperidine rings is 1. The molecule has 1 aliphatic heterocycles. The third kappa shape index (κ3) is 5.67. The summed E-state index contributed by atoms with van der Waals surface area (Å²) in [7, 11) is 0. The predicted octanol–water partition coefficient (Wildman–Crippen LogP) is 6.13. The third-order valence-corrected chi connectivity index (χ3v) is 6.31. The highest BCUT2D eigenvalue weighted by atomic mass is 32.1. The molecule has 0 bridgehead atoms. The number of ketones is 1. The summed E-state index contributed by atoms with van der Waals surface area (Å²) < 4.78 is 0. The molecule has 2 aromatic carbocycles. The lowest BCUT2D eigenvalue weighted by molar-refractivity contribution is 0.0668. The number of nitrogens with zero attached hydrogens (tertiary/aromatic N) is 2. The summed E-state index contributed by atoms with van der Waals surface area (Å²) in [5.41, 5.74) is 3.23. The zero-order valence-electron chi connectivity index (χ0n) is 18.5. The molecule has 1 aromatic heterocycles. The first-order valence-corrected chi connectivity index (χ1v) is 11.9. The number of rotatable bonds is 5. The average Bonchev–Trinajstić information content (AvgIpc) is 3.31. The molecular formula is C26H30N2O2S. The van der Waals surface area contributed by atoms with E-state index < -0.39 is 0 Å². The zero-order chi connectivity index (χ0) is 22.2. The minimum absolute atomic E-state index is 0.00320. The van der Waals surface area contributed by atoms with E-state index in [-0.39, 0.29) is 11.7 Å². The Bertz CT molecular complexity index is 1010. The van der Waals surface area contributed by atoms with Gasteiger partial charge in [-0.25, -0.2) is 4.98 Å². The van der Waals surface area contributed by atoms with Crippen molar-refractivity contribution in [2.24, 2.45) is 5.92 Å². The van der Waals surface area contributed by atoms with E-state index in [1.54, 1.807) is 13.0 Å². The number of thiazole rings is 1. The van der Waals surface area contributed by atoms with Gasteiger partial charge in [0.15, 0.2) is 5.78 Å². The molecule has 4 rings (SSSR count). The van der Waals surface area contributed by atoms with Crippen molar-refractivity contribution in [2.75, 3.05) is 13.1 Å². The molecule has 1 fully saturated rings. The van der Waals surface area contributed by atoms with Crippen molar-refractivity contribution in [2.45, 2.75) is 40.0 Å². The van der Waals surface area contributed by atoms with Gasteiger partial charge in [-0.2, -0.15) is 0 Å². The molecule has 162 valence electrons. The molecule has 2 heterocycles. The number of amides is 1. The summed E-state index contributed by atoms with van der Waals surface area (Å²) in [5, 5.41) is 2.53. The number of benzene rings is 2. The van der Waals surface area contributed by atoms with Crippen LogP contribution >= 0.6 is 11.3 Å². The Balaban J connectivity index is 0.00000132. The summed E-state index contributed by atoms with van der Waals surface area (Å²) in [5.74, 6) is 0.473. The van der Waals surface area contributed by atoms with Gasteiger partial charge in [0.05, 0.1) is 0 Å². The predicted molar refractivity (Wildman–Crippen MR) is 128 cm³/mol. The van der Waals surface area contributed by atoms with Gasteiger partial charge in [-0.15, -0.1) is 11.3 Å². The molecule has 5 heteroatoms. The van der Waals surface area contributed by atoms with E-state index in [0.29, 0.717) is 17.2 Å². The fourth-order valence-electron chi connectivity index (χ4n) is 4.00. The maximum atomic E-state index is 13.1. The van der Waals surface area contributed by atoms with Crippen LogP contribution in [0.2, 0.25) is 0 Å². The van der Waals surface area contributed by atoms with Crippen LogP contribution in [0, 0.1) is 5.92 Å². The van der Waals surface area contributed by atoms with Crippen LogP contribution in [0.5, 0.6) is 0 Å². The fourth-order valence-corrected chi connectivity index (χ4v) is 4.83. The second-order valence-corrected chi connectivity index (χ2v) is 8.45. The molecular weight excluding hydrogens is 404 g/mol. The molecule has 1 atom stereocenters. The fraction of sp³-hybridized carbons (Fsp3) is 0.346. The quantitative estimate of drug-likeness (QED) is 0.454. The Morgan fingerprint density at radius 1 is 1.06 bits per heavy atom. The first-order valence-electron chi connectivity index (χ1n) is 11.0. The zero-order valence-corrected chi connectivity index (χ0v) is 19.3. The lowest BCUT2D eigenvalue weighted by atomic mass is 9.91. The molecule has 0 spiro atoms. The van der Waals surface area contributed by atoms with Crippen molar-refractivity contribution in [1.29, 1.82) is 0 Å². The summed E-state index contributed by atoms with van der Waals surface area (Å²) in [6.07, 6.45) is 3.17. The van der Waals surface area contributed by atoms with E-state index in [2.05, 4.69) is 29.2 Å². The lowest BCUT2D eigenvalue weighted by Gasteiger charge is -2.32. The van der Waals surface area contributed by atoms with Gasteiger partial charge in [0, 0.05) is 29.6 Å². The SMILES string of the molecule is CC.CC(=O)c1ccccc1-c1nc(C(=O)N2CCCC(Cc3ccccc3)C2)cs1. The average molecular weight is 435 g/mol. The third-order valence-electron chi connectivity index (χ3n) is 5.43. The van der Waals surface area contributed by atoms with Crippen molar-refractivity contribution >= 4 is 23.0 Å². The van der Waals surface area contributed by atoms with E-state index in [4.69, 9.17) is 0 Å². The molecule has 3 aromatic rings. The summed E-state index contributed by atoms with van der Waals surface area (Å²) in [6.45, 7) is 7.10. The lowest BCUT2D eigenvalue weighted by Crippen LogP contribution is -2.40. The molecule has 0 saturated carbocycles. The molecule has 4 nitrogen and oxygen atoms in total. The highest BCUT2D eigenvalue weighted by molar-refractivity contribution is 7.13. The van der Waals surface area contributed by atoms with Crippen molar-refractivity contribution in [3.8, 4) is 10.6 Å². The van der Waals surface area contributed by atoms with E-state index in [1.807, 2.05) is 48.4 Å². The minimum atomic E-state index is -0.00873. The van der Waals surface area contributed by atoms with Crippen molar-refractivity contribution < 1.29 is 9.59 Å². The van der Waals surface area contributed by atoms with Crippen LogP contribution in [0.1, 0.15) is 60.0 Å². The van der Waals surface area contributed by atoms with E-state index in [1.165, 1.54) is 16.9 Å². The van der Waals surface area contributed by atoms with E-state index in [0.717, 1.165) is 42.9 Å². The maximum Gasteiger partial charge on any atom is 0.273 e. The topological polar surface area (TPSA) is 50.3 Å². The standard InChI is InChI=1S/C24H24N2O2S.C2H6/c1-17(27)20-11-5-6-12-21(20)23-25-22(16-29-23)24(28)26-13-7-10-19(15-26)14-18-8-3-2-4-9-18;1-2/h2-6,8-9,11-12,16,19H,7,10,13-15H2,1H3;1-2H3. The molecule has 0 aliphatic carbocycles. The number of carbonyl (C=O) groups is 2. The monoisotopic (exact) mass is 434 g/mol. The van der Waals surface area contributed by atoms with Crippen LogP contribution in [0.3, 0.4) is 0 Å². The van der Waals surface area contributed by atoms with Crippen LogP contribution in [0.25, 0.3) is 10.6 Å². The number of aromatic nitrogens is 1. The van der Waals surface area contributed by atoms with E-state index in [9.17, 15) is 9.59 Å². The van der Waals surface area contributed by atoms with E-state index >= 15 is 0 Å². The first kappa shape index (κ1) is 22.9. The minimum Gasteiger partial charge on any atom is -0.337 e. The second kappa shape index (κ2) is 11.0. The Kier molecular flexibility index (Phi) is 8.13. The van der Waals surface area contributed by atoms with Crippen molar-refractivity contribution in [3.05, 3.63) is 76.8 Å². The number of hydrogen-bond acceptors (Lipinski definition) is 4. The number of Topliss-reactive ketones (excluding diaryl/α,β-unsaturated/α-hetero) is 1. The van der Waals surface area contributed by atoms with Crippen molar-refractivity contribution in [1.82, 2.24) is 9.88 Å². The molecule has 1 saturated heterocycles. The summed E-state index contributed by atoms with van der Waals surface area (Å²) in [4.78, 5) is 31.5. The normalized spacial score (nSPS) is 15.7. The number of carbonyl (C=O) groups excluding carboxylic acids is 2. The van der Waals surface area contributed by atoms with Gasteiger partial charge in [0.1, 0.15) is 10.7 Å². The highest BCUT2D eigenvalue weighted by Gasteiger charge is 2.26. The van der Waals surface area contributed by atoms with Gasteiger partial charge in [-0.3, -0.25) is 9.59 Å². The van der Waals surface area contributed by atoms with Crippen LogP contribution in [-0.4, -0.2) is 34.7 Å². The van der Waals surface area contributed by atoms with Gasteiger partial charge >= 0.3 is 0 Å². The number of hydrogen-bond donors (Lipinski definition) is 0. The van der Waals surface area contributed by atoms with Gasteiger partial charge in [0.2, 0.25) is 0 Å². The Labute approximate surface area is 189 Å². The van der Waals surface area contributed by atoms with Crippen LogP contribution in [-0.2, 0) is 6.42 Å². The maximum absolute atomic E-state index is 13.1. The Morgan fingerprint density at radius 2 is 1.77 bits per heavy atom. The molecule has 1 amide bonds. The van der Waals surface area contributed by atoms with Gasteiger partial charge < -0.3 is 4.90 Å². The molecule has 0 radical (unpaired) electrons. The smallest absolute Gasteiger partial charge is 0.273 e. The van der Waals surface area contributed by atoms with Gasteiger partial charge in [-0.05, 0) is 37.7 Å². The highest BCUT2D eigenvalue weighted by Crippen LogP contribution is 2.29. The van der Waals surface area contributed by atoms with Gasteiger partial charge in [-0.1, -0.05) is 68.4 Å². The summed E-state index contributed by atoms with van der Waals surface area (Å²) in [6, 6.07) is 17.9.